The third-order valence-electron chi connectivity index (χ3n) is 5.87. The average molecular weight is 564 g/mol. The number of nitro benzene ring substituents is 1. The molecule has 1 aromatic heterocycles. The predicted molar refractivity (Wildman–Crippen MR) is 147 cm³/mol. The van der Waals surface area contributed by atoms with Crippen LogP contribution < -0.4 is 9.64 Å². The van der Waals surface area contributed by atoms with E-state index in [2.05, 4.69) is 11.6 Å². The van der Waals surface area contributed by atoms with Gasteiger partial charge >= 0.3 is 11.9 Å². The summed E-state index contributed by atoms with van der Waals surface area (Å²) in [6.07, 6.45) is 1.33. The molecule has 2 aromatic carbocycles. The molecule has 1 atom stereocenters. The van der Waals surface area contributed by atoms with Crippen LogP contribution in [0.15, 0.2) is 66.8 Å². The van der Waals surface area contributed by atoms with Crippen LogP contribution in [-0.2, 0) is 14.3 Å². The highest BCUT2D eigenvalue weighted by Gasteiger charge is 2.48. The van der Waals surface area contributed by atoms with Gasteiger partial charge in [-0.3, -0.25) is 24.6 Å². The molecule has 11 nitrogen and oxygen atoms in total. The number of nitro groups is 1. The van der Waals surface area contributed by atoms with Crippen molar-refractivity contribution in [2.45, 2.75) is 32.9 Å². The lowest BCUT2D eigenvalue weighted by molar-refractivity contribution is -0.384. The monoisotopic (exact) mass is 563 g/mol. The van der Waals surface area contributed by atoms with Crippen molar-refractivity contribution in [3.63, 3.8) is 0 Å². The molecule has 12 heteroatoms. The lowest BCUT2D eigenvalue weighted by atomic mass is 9.95. The van der Waals surface area contributed by atoms with E-state index in [1.807, 2.05) is 13.8 Å². The van der Waals surface area contributed by atoms with Crippen LogP contribution in [0, 0.1) is 17.0 Å². The molecule has 1 N–H and O–H groups in total. The number of hydrogen-bond acceptors (Lipinski definition) is 10. The second-order valence-corrected chi connectivity index (χ2v) is 9.98. The number of hydrogen-bond donors (Lipinski definition) is 1. The normalized spacial score (nSPS) is 16.3. The van der Waals surface area contributed by atoms with E-state index in [0.717, 1.165) is 16.2 Å². The number of aromatic nitrogens is 1. The second kappa shape index (κ2) is 11.5. The molecule has 1 amide bonds. The lowest BCUT2D eigenvalue weighted by Crippen LogP contribution is -2.29. The van der Waals surface area contributed by atoms with Crippen molar-refractivity contribution in [1.29, 1.82) is 0 Å². The highest BCUT2D eigenvalue weighted by Crippen LogP contribution is 2.44. The number of ether oxygens (including phenoxy) is 2. The van der Waals surface area contributed by atoms with Gasteiger partial charge < -0.3 is 14.6 Å². The molecule has 3 aromatic rings. The Morgan fingerprint density at radius 2 is 1.85 bits per heavy atom. The molecule has 4 rings (SSSR count). The number of amides is 1. The van der Waals surface area contributed by atoms with Crippen molar-refractivity contribution in [1.82, 2.24) is 4.98 Å². The number of Topliss-reactive ketones (excluding diaryl/α,β-unsaturated/α-hetero) is 1. The Kier molecular flexibility index (Phi) is 8.10. The van der Waals surface area contributed by atoms with Crippen LogP contribution in [0.1, 0.15) is 46.4 Å². The number of aryl methyl sites for hydroxylation is 1. The first kappa shape index (κ1) is 28.2. The Morgan fingerprint density at radius 1 is 1.20 bits per heavy atom. The molecule has 1 fully saturated rings. The number of aliphatic hydroxyl groups excluding tert-OH is 1. The van der Waals surface area contributed by atoms with Gasteiger partial charge in [-0.15, -0.1) is 0 Å². The Labute approximate surface area is 233 Å². The number of ketones is 1. The number of benzene rings is 2. The number of carbonyl (C=O) groups excluding carboxylic acids is 3. The van der Waals surface area contributed by atoms with Crippen molar-refractivity contribution in [3.8, 4) is 5.75 Å². The van der Waals surface area contributed by atoms with Crippen LogP contribution in [0.2, 0.25) is 0 Å². The summed E-state index contributed by atoms with van der Waals surface area (Å²) in [6, 6.07) is 10.4. The molecule has 1 saturated heterocycles. The number of anilines is 1. The van der Waals surface area contributed by atoms with E-state index >= 15 is 0 Å². The van der Waals surface area contributed by atoms with E-state index in [4.69, 9.17) is 9.47 Å². The maximum absolute atomic E-state index is 13.4. The topological polar surface area (TPSA) is 149 Å². The Bertz CT molecular complexity index is 1520. The van der Waals surface area contributed by atoms with E-state index in [0.29, 0.717) is 11.3 Å². The Hall–Kier alpha value is -4.84. The second-order valence-electron chi connectivity index (χ2n) is 9.01. The number of nitrogens with zero attached hydrogens (tertiary/aromatic N) is 3. The van der Waals surface area contributed by atoms with Crippen molar-refractivity contribution >= 4 is 45.6 Å². The molecular weight excluding hydrogens is 538 g/mol. The van der Waals surface area contributed by atoms with Gasteiger partial charge in [-0.25, -0.2) is 9.78 Å². The maximum atomic E-state index is 13.4. The van der Waals surface area contributed by atoms with Crippen LogP contribution >= 0.6 is 11.3 Å². The zero-order valence-electron chi connectivity index (χ0n) is 21.8. The third-order valence-corrected chi connectivity index (χ3v) is 7.01. The van der Waals surface area contributed by atoms with E-state index in [1.54, 1.807) is 31.2 Å². The fourth-order valence-corrected chi connectivity index (χ4v) is 5.10. The molecule has 2 heterocycles. The van der Waals surface area contributed by atoms with Crippen LogP contribution in [0.4, 0.5) is 10.8 Å². The Morgan fingerprint density at radius 3 is 2.42 bits per heavy atom. The standard InChI is InChI=1S/C28H25N3O8S/c1-5-14-38-27(35)25-16(4)29-28(40-25)30-22(17-6-10-19(11-7-17)31(36)37)21(24(33)26(30)34)23(32)18-8-12-20(13-9-18)39-15(2)3/h5-13,15,22,32H,1,14H2,2-4H3/b23-21+. The predicted octanol–water partition coefficient (Wildman–Crippen LogP) is 5.12. The van der Waals surface area contributed by atoms with Crippen LogP contribution in [0.5, 0.6) is 5.75 Å². The number of aliphatic hydroxyl groups is 1. The average Bonchev–Trinajstić information content (AvgIpc) is 3.43. The van der Waals surface area contributed by atoms with E-state index in [1.165, 1.54) is 30.3 Å². The molecule has 1 aliphatic rings. The quantitative estimate of drug-likeness (QED) is 0.0712. The summed E-state index contributed by atoms with van der Waals surface area (Å²) < 4.78 is 10.7. The first-order valence-corrected chi connectivity index (χ1v) is 12.9. The minimum Gasteiger partial charge on any atom is -0.507 e. The Balaban J connectivity index is 1.85. The molecule has 0 bridgehead atoms. The summed E-state index contributed by atoms with van der Waals surface area (Å²) in [6.45, 7) is 8.77. The fraction of sp³-hybridized carbons (Fsp3) is 0.214. The first-order valence-electron chi connectivity index (χ1n) is 12.1. The van der Waals surface area contributed by atoms with Crippen molar-refractivity contribution < 1.29 is 33.9 Å². The van der Waals surface area contributed by atoms with Gasteiger partial charge in [0.05, 0.1) is 28.3 Å². The third kappa shape index (κ3) is 5.47. The number of carbonyl (C=O) groups is 3. The van der Waals surface area contributed by atoms with Crippen LogP contribution in [0.3, 0.4) is 0 Å². The summed E-state index contributed by atoms with van der Waals surface area (Å²) in [4.78, 5) is 55.5. The van der Waals surface area contributed by atoms with Gasteiger partial charge in [-0.05, 0) is 62.7 Å². The van der Waals surface area contributed by atoms with Crippen molar-refractivity contribution in [3.05, 3.63) is 98.6 Å². The van der Waals surface area contributed by atoms with Gasteiger partial charge in [-0.1, -0.05) is 24.0 Å². The minimum atomic E-state index is -1.19. The van der Waals surface area contributed by atoms with Gasteiger partial charge in [0.2, 0.25) is 0 Å². The number of thiazole rings is 1. The smallest absolute Gasteiger partial charge is 0.350 e. The van der Waals surface area contributed by atoms with Gasteiger partial charge in [-0.2, -0.15) is 0 Å². The van der Waals surface area contributed by atoms with E-state index in [-0.39, 0.29) is 45.2 Å². The summed E-state index contributed by atoms with van der Waals surface area (Å²) >= 11 is 0.849. The zero-order chi connectivity index (χ0) is 29.1. The first-order chi connectivity index (χ1) is 19.0. The van der Waals surface area contributed by atoms with E-state index < -0.39 is 34.4 Å². The largest absolute Gasteiger partial charge is 0.507 e. The van der Waals surface area contributed by atoms with Gasteiger partial charge in [0, 0.05) is 17.7 Å². The number of non-ortho nitro benzene ring substituents is 1. The van der Waals surface area contributed by atoms with Gasteiger partial charge in [0.15, 0.2) is 5.13 Å². The summed E-state index contributed by atoms with van der Waals surface area (Å²) in [5, 5.41) is 22.5. The molecule has 0 aliphatic carbocycles. The highest BCUT2D eigenvalue weighted by atomic mass is 32.1. The maximum Gasteiger partial charge on any atom is 0.350 e. The lowest BCUT2D eigenvalue weighted by Gasteiger charge is -2.23. The summed E-state index contributed by atoms with van der Waals surface area (Å²) in [5.74, 6) is -2.53. The molecule has 1 unspecified atom stereocenters. The summed E-state index contributed by atoms with van der Waals surface area (Å²) in [5.41, 5.74) is 0.415. The fourth-order valence-electron chi connectivity index (χ4n) is 4.12. The van der Waals surface area contributed by atoms with E-state index in [9.17, 15) is 29.6 Å². The van der Waals surface area contributed by atoms with Gasteiger partial charge in [0.1, 0.15) is 23.0 Å². The minimum absolute atomic E-state index is 0.0215. The molecule has 0 saturated carbocycles. The van der Waals surface area contributed by atoms with Gasteiger partial charge in [0.25, 0.3) is 11.5 Å². The zero-order valence-corrected chi connectivity index (χ0v) is 22.6. The summed E-state index contributed by atoms with van der Waals surface area (Å²) in [7, 11) is 0. The SMILES string of the molecule is C=CCOC(=O)c1sc(N2C(=O)C(=O)/C(=C(/O)c3ccc(OC(C)C)cc3)C2c2ccc([N+](=O)[O-])cc2)nc1C. The van der Waals surface area contributed by atoms with Crippen LogP contribution in [0.25, 0.3) is 5.76 Å². The van der Waals surface area contributed by atoms with Crippen molar-refractivity contribution in [2.75, 3.05) is 11.5 Å². The molecule has 1 aliphatic heterocycles. The number of rotatable bonds is 9. The molecule has 206 valence electrons. The van der Waals surface area contributed by atoms with Crippen LogP contribution in [-0.4, -0.2) is 45.4 Å². The number of esters is 1. The molecule has 40 heavy (non-hydrogen) atoms. The molecule has 0 radical (unpaired) electrons. The van der Waals surface area contributed by atoms with Crippen molar-refractivity contribution in [2.24, 2.45) is 0 Å². The molecule has 0 spiro atoms. The highest BCUT2D eigenvalue weighted by molar-refractivity contribution is 7.17. The molecular formula is C28H25N3O8S.